The molecule has 1 amide bonds. The number of rotatable bonds is 10. The van der Waals surface area contributed by atoms with Crippen LogP contribution in [0.15, 0.2) is 48.5 Å². The van der Waals surface area contributed by atoms with Gasteiger partial charge in [-0.05, 0) is 30.2 Å². The minimum absolute atomic E-state index is 0.125. The molecule has 25 heavy (non-hydrogen) atoms. The number of hydrogen-bond donors (Lipinski definition) is 1. The van der Waals surface area contributed by atoms with Crippen LogP contribution in [0.3, 0.4) is 0 Å². The van der Waals surface area contributed by atoms with E-state index in [9.17, 15) is 4.79 Å². The average molecular weight is 343 g/mol. The minimum Gasteiger partial charge on any atom is -0.493 e. The molecule has 0 saturated heterocycles. The predicted molar refractivity (Wildman–Crippen MR) is 97.5 cm³/mol. The summed E-state index contributed by atoms with van der Waals surface area (Å²) >= 11 is 0. The van der Waals surface area contributed by atoms with Crippen molar-refractivity contribution in [3.05, 3.63) is 59.7 Å². The van der Waals surface area contributed by atoms with E-state index >= 15 is 0 Å². The molecule has 0 unspecified atom stereocenters. The van der Waals surface area contributed by atoms with Gasteiger partial charge in [0.1, 0.15) is 0 Å². The molecule has 5 nitrogen and oxygen atoms in total. The van der Waals surface area contributed by atoms with Crippen LogP contribution in [-0.4, -0.2) is 39.9 Å². The Morgan fingerprint density at radius 1 is 1.00 bits per heavy atom. The maximum Gasteiger partial charge on any atom is 0.251 e. The topological polar surface area (TPSA) is 56.8 Å². The fourth-order valence-electron chi connectivity index (χ4n) is 2.38. The number of ether oxygens (including phenoxy) is 3. The van der Waals surface area contributed by atoms with Crippen LogP contribution >= 0.6 is 0 Å². The largest absolute Gasteiger partial charge is 0.493 e. The number of carbonyl (C=O) groups excluding carboxylic acids is 1. The van der Waals surface area contributed by atoms with Crippen molar-refractivity contribution in [3.8, 4) is 11.5 Å². The predicted octanol–water partition coefficient (Wildman–Crippen LogP) is 3.08. The van der Waals surface area contributed by atoms with Gasteiger partial charge in [-0.15, -0.1) is 0 Å². The highest BCUT2D eigenvalue weighted by Gasteiger charge is 2.11. The Labute approximate surface area is 148 Å². The number of benzene rings is 2. The van der Waals surface area contributed by atoms with E-state index in [1.165, 1.54) is 5.56 Å². The highest BCUT2D eigenvalue weighted by Crippen LogP contribution is 2.28. The molecule has 2 rings (SSSR count). The number of carbonyl (C=O) groups is 1. The SMILES string of the molecule is COCCCOc1cc(C(=O)NCCc2ccccc2)ccc1OC. The van der Waals surface area contributed by atoms with Gasteiger partial charge in [-0.3, -0.25) is 4.79 Å². The third kappa shape index (κ3) is 6.12. The van der Waals surface area contributed by atoms with Crippen LogP contribution in [0.2, 0.25) is 0 Å². The Bertz CT molecular complexity index is 658. The second kappa shape index (κ2) is 10.4. The molecule has 0 aliphatic heterocycles. The molecule has 0 saturated carbocycles. The van der Waals surface area contributed by atoms with Gasteiger partial charge in [-0.1, -0.05) is 30.3 Å². The molecule has 0 bridgehead atoms. The van der Waals surface area contributed by atoms with Crippen molar-refractivity contribution < 1.29 is 19.0 Å². The molecule has 0 spiro atoms. The average Bonchev–Trinajstić information content (AvgIpc) is 2.66. The second-order valence-corrected chi connectivity index (χ2v) is 5.55. The van der Waals surface area contributed by atoms with Crippen LogP contribution < -0.4 is 14.8 Å². The van der Waals surface area contributed by atoms with Crippen molar-refractivity contribution >= 4 is 5.91 Å². The Kier molecular flexibility index (Phi) is 7.79. The summed E-state index contributed by atoms with van der Waals surface area (Å²) in [5, 5.41) is 2.93. The van der Waals surface area contributed by atoms with Crippen molar-refractivity contribution in [1.82, 2.24) is 5.32 Å². The van der Waals surface area contributed by atoms with Crippen molar-refractivity contribution in [3.63, 3.8) is 0 Å². The molecule has 0 aliphatic carbocycles. The molecular weight excluding hydrogens is 318 g/mol. The first kappa shape index (κ1) is 18.8. The quantitative estimate of drug-likeness (QED) is 0.674. The van der Waals surface area contributed by atoms with Gasteiger partial charge in [0.2, 0.25) is 0 Å². The monoisotopic (exact) mass is 343 g/mol. The van der Waals surface area contributed by atoms with Crippen LogP contribution in [0.4, 0.5) is 0 Å². The van der Waals surface area contributed by atoms with Crippen molar-refractivity contribution in [2.45, 2.75) is 12.8 Å². The van der Waals surface area contributed by atoms with E-state index in [2.05, 4.69) is 5.32 Å². The zero-order chi connectivity index (χ0) is 17.9. The molecule has 5 heteroatoms. The Balaban J connectivity index is 1.91. The number of methoxy groups -OCH3 is 2. The third-order valence-electron chi connectivity index (χ3n) is 3.72. The Morgan fingerprint density at radius 2 is 1.80 bits per heavy atom. The zero-order valence-electron chi connectivity index (χ0n) is 14.8. The molecule has 134 valence electrons. The van der Waals surface area contributed by atoms with Crippen LogP contribution in [0.1, 0.15) is 22.3 Å². The smallest absolute Gasteiger partial charge is 0.251 e. The van der Waals surface area contributed by atoms with Gasteiger partial charge >= 0.3 is 0 Å². The molecule has 0 atom stereocenters. The van der Waals surface area contributed by atoms with Gasteiger partial charge in [0.05, 0.1) is 13.7 Å². The van der Waals surface area contributed by atoms with Gasteiger partial charge in [0.15, 0.2) is 11.5 Å². The van der Waals surface area contributed by atoms with E-state index < -0.39 is 0 Å². The molecule has 2 aromatic rings. The Morgan fingerprint density at radius 3 is 2.52 bits per heavy atom. The molecular formula is C20H25NO4. The highest BCUT2D eigenvalue weighted by molar-refractivity contribution is 5.94. The van der Waals surface area contributed by atoms with Crippen LogP contribution in [0.5, 0.6) is 11.5 Å². The van der Waals surface area contributed by atoms with Crippen molar-refractivity contribution in [1.29, 1.82) is 0 Å². The summed E-state index contributed by atoms with van der Waals surface area (Å²) in [4.78, 5) is 12.3. The lowest BCUT2D eigenvalue weighted by Gasteiger charge is -2.12. The number of amides is 1. The lowest BCUT2D eigenvalue weighted by atomic mass is 10.1. The van der Waals surface area contributed by atoms with Gasteiger partial charge in [-0.2, -0.15) is 0 Å². The molecule has 0 aromatic heterocycles. The van der Waals surface area contributed by atoms with E-state index in [4.69, 9.17) is 14.2 Å². The number of hydrogen-bond acceptors (Lipinski definition) is 4. The lowest BCUT2D eigenvalue weighted by molar-refractivity contribution is 0.0953. The van der Waals surface area contributed by atoms with Crippen LogP contribution in [0.25, 0.3) is 0 Å². The summed E-state index contributed by atoms with van der Waals surface area (Å²) in [5.41, 5.74) is 1.75. The second-order valence-electron chi connectivity index (χ2n) is 5.55. The molecule has 0 heterocycles. The number of nitrogens with one attached hydrogen (secondary N) is 1. The molecule has 2 aromatic carbocycles. The maximum atomic E-state index is 12.3. The molecule has 0 radical (unpaired) electrons. The first-order chi connectivity index (χ1) is 12.2. The van der Waals surface area contributed by atoms with E-state index in [-0.39, 0.29) is 5.91 Å². The maximum absolute atomic E-state index is 12.3. The van der Waals surface area contributed by atoms with Crippen molar-refractivity contribution in [2.24, 2.45) is 0 Å². The minimum atomic E-state index is -0.125. The van der Waals surface area contributed by atoms with E-state index in [0.29, 0.717) is 36.8 Å². The lowest BCUT2D eigenvalue weighted by Crippen LogP contribution is -2.25. The summed E-state index contributed by atoms with van der Waals surface area (Å²) in [7, 11) is 3.23. The van der Waals surface area contributed by atoms with Crippen LogP contribution in [0, 0.1) is 0 Å². The normalized spacial score (nSPS) is 10.3. The van der Waals surface area contributed by atoms with E-state index in [1.54, 1.807) is 32.4 Å². The summed E-state index contributed by atoms with van der Waals surface area (Å²) in [6.07, 6.45) is 1.57. The summed E-state index contributed by atoms with van der Waals surface area (Å²) < 4.78 is 16.0. The van der Waals surface area contributed by atoms with Gasteiger partial charge < -0.3 is 19.5 Å². The Hall–Kier alpha value is -2.53. The van der Waals surface area contributed by atoms with Crippen molar-refractivity contribution in [2.75, 3.05) is 34.0 Å². The van der Waals surface area contributed by atoms with E-state index in [1.807, 2.05) is 30.3 Å². The fraction of sp³-hybridized carbons (Fsp3) is 0.350. The van der Waals surface area contributed by atoms with Gasteiger partial charge in [-0.25, -0.2) is 0 Å². The summed E-state index contributed by atoms with van der Waals surface area (Å²) in [6.45, 7) is 1.71. The molecule has 0 fully saturated rings. The zero-order valence-corrected chi connectivity index (χ0v) is 14.8. The summed E-state index contributed by atoms with van der Waals surface area (Å²) in [5.74, 6) is 1.05. The molecule has 1 N–H and O–H groups in total. The fourth-order valence-corrected chi connectivity index (χ4v) is 2.38. The first-order valence-corrected chi connectivity index (χ1v) is 8.36. The first-order valence-electron chi connectivity index (χ1n) is 8.36. The standard InChI is InChI=1S/C20H25NO4/c1-23-13-6-14-25-19-15-17(9-10-18(19)24-2)20(22)21-12-11-16-7-4-3-5-8-16/h3-5,7-10,15H,6,11-14H2,1-2H3,(H,21,22). The molecule has 0 aliphatic rings. The highest BCUT2D eigenvalue weighted by atomic mass is 16.5. The summed E-state index contributed by atoms with van der Waals surface area (Å²) in [6, 6.07) is 15.3. The van der Waals surface area contributed by atoms with E-state index in [0.717, 1.165) is 12.8 Å². The van der Waals surface area contributed by atoms with Gasteiger partial charge in [0.25, 0.3) is 5.91 Å². The van der Waals surface area contributed by atoms with Crippen LogP contribution in [-0.2, 0) is 11.2 Å². The third-order valence-corrected chi connectivity index (χ3v) is 3.72. The van der Waals surface area contributed by atoms with Gasteiger partial charge in [0, 0.05) is 32.2 Å².